The number of hydrogen-bond donors (Lipinski definition) is 0. The van der Waals surface area contributed by atoms with Gasteiger partial charge in [-0.15, -0.1) is 0 Å². The molecule has 3 nitrogen and oxygen atoms in total. The third-order valence-corrected chi connectivity index (χ3v) is 4.63. The van der Waals surface area contributed by atoms with Crippen LogP contribution in [0.2, 0.25) is 5.02 Å². The molecule has 0 spiro atoms. The van der Waals surface area contributed by atoms with Crippen LogP contribution in [0.1, 0.15) is 25.8 Å². The number of carbonyl (C=O) groups excluding carboxylic acids is 1. The molecule has 0 N–H and O–H groups in total. The fourth-order valence-electron chi connectivity index (χ4n) is 2.45. The average Bonchev–Trinajstić information content (AvgIpc) is 2.89. The molecule has 0 aliphatic carbocycles. The minimum Gasteiger partial charge on any atom is -0.431 e. The smallest absolute Gasteiger partial charge is 0.279 e. The van der Waals surface area contributed by atoms with Gasteiger partial charge in [0, 0.05) is 17.9 Å². The second-order valence-electron chi connectivity index (χ2n) is 6.15. The quantitative estimate of drug-likeness (QED) is 0.550. The molecule has 1 aromatic heterocycles. The third-order valence-electron chi connectivity index (χ3n) is 3.50. The van der Waals surface area contributed by atoms with Crippen molar-refractivity contribution in [2.75, 3.05) is 0 Å². The lowest BCUT2D eigenvalue weighted by atomic mass is 10.0. The van der Waals surface area contributed by atoms with Gasteiger partial charge in [-0.05, 0) is 41.8 Å². The van der Waals surface area contributed by atoms with E-state index in [1.165, 1.54) is 11.3 Å². The van der Waals surface area contributed by atoms with Gasteiger partial charge in [-0.2, -0.15) is 0 Å². The van der Waals surface area contributed by atoms with Crippen molar-refractivity contribution in [1.29, 1.82) is 0 Å². The Balaban J connectivity index is 1.67. The fraction of sp³-hybridized carbons (Fsp3) is 0.263. The zero-order chi connectivity index (χ0) is 17.1. The highest BCUT2D eigenvalue weighted by Crippen LogP contribution is 2.32. The predicted octanol–water partition coefficient (Wildman–Crippen LogP) is 5.90. The maximum Gasteiger partial charge on any atom is 0.279 e. The molecule has 0 unspecified atom stereocenters. The molecule has 0 atom stereocenters. The van der Waals surface area contributed by atoms with Crippen LogP contribution < -0.4 is 4.74 Å². The van der Waals surface area contributed by atoms with Crippen molar-refractivity contribution in [3.8, 4) is 10.9 Å². The van der Waals surface area contributed by atoms with Gasteiger partial charge < -0.3 is 4.74 Å². The minimum absolute atomic E-state index is 0.265. The van der Waals surface area contributed by atoms with Crippen LogP contribution in [0.3, 0.4) is 0 Å². The number of benzene rings is 2. The molecule has 0 amide bonds. The van der Waals surface area contributed by atoms with Gasteiger partial charge >= 0.3 is 0 Å². The Hall–Kier alpha value is -1.91. The van der Waals surface area contributed by atoms with Crippen LogP contribution in [0.15, 0.2) is 42.5 Å². The number of aromatic nitrogens is 1. The summed E-state index contributed by atoms with van der Waals surface area (Å²) < 4.78 is 6.80. The second-order valence-corrected chi connectivity index (χ2v) is 7.58. The SMILES string of the molecule is CC(C)CC(=O)Cc1ccc(Oc2nc3ccc(Cl)cc3s2)cc1. The number of hydrogen-bond acceptors (Lipinski definition) is 4. The largest absolute Gasteiger partial charge is 0.431 e. The van der Waals surface area contributed by atoms with Crippen molar-refractivity contribution in [2.45, 2.75) is 26.7 Å². The monoisotopic (exact) mass is 359 g/mol. The molecule has 0 fully saturated rings. The molecule has 3 aromatic rings. The third kappa shape index (κ3) is 4.34. The topological polar surface area (TPSA) is 39.2 Å². The van der Waals surface area contributed by atoms with Crippen LogP contribution in [0.5, 0.6) is 10.9 Å². The van der Waals surface area contributed by atoms with E-state index in [0.29, 0.717) is 34.7 Å². The fourth-order valence-corrected chi connectivity index (χ4v) is 3.56. The first kappa shape index (κ1) is 16.9. The number of nitrogens with zero attached hydrogens (tertiary/aromatic N) is 1. The van der Waals surface area contributed by atoms with E-state index in [1.54, 1.807) is 0 Å². The number of halogens is 1. The molecule has 0 aliphatic rings. The van der Waals surface area contributed by atoms with E-state index in [-0.39, 0.29) is 5.78 Å². The molecule has 24 heavy (non-hydrogen) atoms. The first-order valence-electron chi connectivity index (χ1n) is 7.84. The molecular weight excluding hydrogens is 342 g/mol. The zero-order valence-corrected chi connectivity index (χ0v) is 15.2. The molecule has 0 aliphatic heterocycles. The van der Waals surface area contributed by atoms with Crippen molar-refractivity contribution < 1.29 is 9.53 Å². The summed E-state index contributed by atoms with van der Waals surface area (Å²) in [6, 6.07) is 13.2. The van der Waals surface area contributed by atoms with Gasteiger partial charge in [0.1, 0.15) is 11.5 Å². The number of rotatable bonds is 6. The summed E-state index contributed by atoms with van der Waals surface area (Å²) in [6.45, 7) is 4.11. The molecule has 0 bridgehead atoms. The summed E-state index contributed by atoms with van der Waals surface area (Å²) in [5, 5.41) is 1.27. The van der Waals surface area contributed by atoms with Gasteiger partial charge in [0.2, 0.25) is 0 Å². The summed E-state index contributed by atoms with van der Waals surface area (Å²) in [7, 11) is 0. The molecule has 2 aromatic carbocycles. The maximum atomic E-state index is 11.9. The highest BCUT2D eigenvalue weighted by molar-refractivity contribution is 7.20. The lowest BCUT2D eigenvalue weighted by Gasteiger charge is -2.05. The van der Waals surface area contributed by atoms with Gasteiger partial charge in [0.05, 0.1) is 10.2 Å². The highest BCUT2D eigenvalue weighted by Gasteiger charge is 2.09. The Kier molecular flexibility index (Phi) is 5.17. The highest BCUT2D eigenvalue weighted by atomic mass is 35.5. The van der Waals surface area contributed by atoms with Crippen LogP contribution in [-0.2, 0) is 11.2 Å². The van der Waals surface area contributed by atoms with Gasteiger partial charge in [0.15, 0.2) is 0 Å². The first-order valence-corrected chi connectivity index (χ1v) is 9.03. The summed E-state index contributed by atoms with van der Waals surface area (Å²) in [4.78, 5) is 16.3. The zero-order valence-electron chi connectivity index (χ0n) is 13.6. The lowest BCUT2D eigenvalue weighted by Crippen LogP contribution is -2.06. The van der Waals surface area contributed by atoms with E-state index in [4.69, 9.17) is 16.3 Å². The van der Waals surface area contributed by atoms with Crippen molar-refractivity contribution in [1.82, 2.24) is 4.98 Å². The van der Waals surface area contributed by atoms with E-state index < -0.39 is 0 Å². The number of carbonyl (C=O) groups is 1. The van der Waals surface area contributed by atoms with Crippen molar-refractivity contribution in [3.63, 3.8) is 0 Å². The predicted molar refractivity (Wildman–Crippen MR) is 99.3 cm³/mol. The van der Waals surface area contributed by atoms with Crippen LogP contribution in [-0.4, -0.2) is 10.8 Å². The van der Waals surface area contributed by atoms with Gasteiger partial charge in [-0.1, -0.05) is 48.9 Å². The Bertz CT molecular complexity index is 855. The number of ether oxygens (including phenoxy) is 1. The summed E-state index contributed by atoms with van der Waals surface area (Å²) in [5.74, 6) is 1.37. The van der Waals surface area contributed by atoms with E-state index in [1.807, 2.05) is 42.5 Å². The van der Waals surface area contributed by atoms with E-state index in [9.17, 15) is 4.79 Å². The molecule has 0 saturated carbocycles. The Labute approximate surface area is 150 Å². The molecule has 0 saturated heterocycles. The van der Waals surface area contributed by atoms with Gasteiger partial charge in [-0.3, -0.25) is 4.79 Å². The van der Waals surface area contributed by atoms with Crippen LogP contribution in [0.4, 0.5) is 0 Å². The number of ketones is 1. The van der Waals surface area contributed by atoms with E-state index in [2.05, 4.69) is 18.8 Å². The standard InChI is InChI=1S/C19H18ClNO2S/c1-12(2)9-15(22)10-13-3-6-16(7-4-13)23-19-21-17-8-5-14(20)11-18(17)24-19/h3-8,11-12H,9-10H2,1-2H3. The molecular formula is C19H18ClNO2S. The minimum atomic E-state index is 0.265. The van der Waals surface area contributed by atoms with Crippen molar-refractivity contribution in [2.24, 2.45) is 5.92 Å². The summed E-state index contributed by atoms with van der Waals surface area (Å²) in [6.07, 6.45) is 1.09. The van der Waals surface area contributed by atoms with E-state index in [0.717, 1.165) is 15.8 Å². The Morgan fingerprint density at radius 2 is 1.96 bits per heavy atom. The maximum absolute atomic E-state index is 11.9. The van der Waals surface area contributed by atoms with Crippen LogP contribution in [0.25, 0.3) is 10.2 Å². The van der Waals surface area contributed by atoms with Crippen LogP contribution in [0, 0.1) is 5.92 Å². The van der Waals surface area contributed by atoms with Crippen molar-refractivity contribution >= 4 is 38.9 Å². The number of thiazole rings is 1. The average molecular weight is 360 g/mol. The Morgan fingerprint density at radius 1 is 1.21 bits per heavy atom. The molecule has 0 radical (unpaired) electrons. The molecule has 1 heterocycles. The normalized spacial score (nSPS) is 11.2. The van der Waals surface area contributed by atoms with E-state index >= 15 is 0 Å². The first-order chi connectivity index (χ1) is 11.5. The van der Waals surface area contributed by atoms with Crippen LogP contribution >= 0.6 is 22.9 Å². The molecule has 3 rings (SSSR count). The molecule has 5 heteroatoms. The summed E-state index contributed by atoms with van der Waals surface area (Å²) >= 11 is 7.45. The number of Topliss-reactive ketones (excluding diaryl/α,β-unsaturated/α-hetero) is 1. The second kappa shape index (κ2) is 7.32. The van der Waals surface area contributed by atoms with Gasteiger partial charge in [-0.25, -0.2) is 4.98 Å². The number of fused-ring (bicyclic) bond motifs is 1. The van der Waals surface area contributed by atoms with Crippen molar-refractivity contribution in [3.05, 3.63) is 53.1 Å². The summed E-state index contributed by atoms with van der Waals surface area (Å²) in [5.41, 5.74) is 1.87. The molecule has 124 valence electrons. The van der Waals surface area contributed by atoms with Gasteiger partial charge in [0.25, 0.3) is 5.19 Å². The lowest BCUT2D eigenvalue weighted by molar-refractivity contribution is -0.119. The Morgan fingerprint density at radius 3 is 2.67 bits per heavy atom.